The highest BCUT2D eigenvalue weighted by Crippen LogP contribution is 2.24. The summed E-state index contributed by atoms with van der Waals surface area (Å²) in [7, 11) is 0. The van der Waals surface area contributed by atoms with E-state index in [1.807, 2.05) is 45.8 Å². The highest BCUT2D eigenvalue weighted by atomic mass is 16.2. The fraction of sp³-hybridized carbons (Fsp3) is 0.286. The van der Waals surface area contributed by atoms with Gasteiger partial charge in [-0.2, -0.15) is 0 Å². The maximum atomic E-state index is 13.3. The van der Waals surface area contributed by atoms with E-state index in [2.05, 4.69) is 30.2 Å². The first-order valence-electron chi connectivity index (χ1n) is 9.31. The van der Waals surface area contributed by atoms with Crippen LogP contribution in [0.1, 0.15) is 24.2 Å². The van der Waals surface area contributed by atoms with Gasteiger partial charge in [-0.25, -0.2) is 9.97 Å². The molecule has 0 spiro atoms. The first-order valence-corrected chi connectivity index (χ1v) is 9.31. The van der Waals surface area contributed by atoms with Crippen LogP contribution in [0.3, 0.4) is 0 Å². The Morgan fingerprint density at radius 3 is 2.67 bits per heavy atom. The van der Waals surface area contributed by atoms with Crippen molar-refractivity contribution in [2.24, 2.45) is 0 Å². The van der Waals surface area contributed by atoms with Crippen LogP contribution in [-0.4, -0.2) is 50.3 Å². The van der Waals surface area contributed by atoms with Crippen LogP contribution < -0.4 is 5.32 Å². The number of benzene rings is 1. The molecule has 6 heteroatoms. The third-order valence-corrected chi connectivity index (χ3v) is 5.22. The first kappa shape index (κ1) is 16.2. The summed E-state index contributed by atoms with van der Waals surface area (Å²) in [4.78, 5) is 24.5. The quantitative estimate of drug-likeness (QED) is 0.531. The lowest BCUT2D eigenvalue weighted by Crippen LogP contribution is -2.55. The molecule has 136 valence electrons. The number of carbonyl (C=O) groups excluding carboxylic acids is 1. The number of pyridine rings is 2. The molecule has 0 bridgehead atoms. The SMILES string of the molecule is C[C@@H]1CN(C(=O)c2cc3cc4ccccc4nc3n3ccnc23)C[C@H](C)N1. The Morgan fingerprint density at radius 2 is 1.85 bits per heavy atom. The molecule has 1 saturated heterocycles. The Bertz CT molecular complexity index is 1170. The Kier molecular flexibility index (Phi) is 3.62. The van der Waals surface area contributed by atoms with Crippen LogP contribution in [0.15, 0.2) is 48.8 Å². The van der Waals surface area contributed by atoms with Gasteiger partial charge in [0.15, 0.2) is 5.65 Å². The molecule has 4 heterocycles. The third kappa shape index (κ3) is 2.64. The van der Waals surface area contributed by atoms with Crippen molar-refractivity contribution in [3.8, 4) is 0 Å². The van der Waals surface area contributed by atoms with Crippen molar-refractivity contribution >= 4 is 33.5 Å². The van der Waals surface area contributed by atoms with Gasteiger partial charge in [-0.15, -0.1) is 0 Å². The molecule has 1 N–H and O–H groups in total. The number of imidazole rings is 1. The second kappa shape index (κ2) is 6.03. The summed E-state index contributed by atoms with van der Waals surface area (Å²) in [5, 5.41) is 5.48. The molecule has 4 aromatic rings. The van der Waals surface area contributed by atoms with Gasteiger partial charge in [0, 0.05) is 48.3 Å². The number of aromatic nitrogens is 3. The van der Waals surface area contributed by atoms with Crippen molar-refractivity contribution in [1.29, 1.82) is 0 Å². The lowest BCUT2D eigenvalue weighted by Gasteiger charge is -2.36. The van der Waals surface area contributed by atoms with E-state index < -0.39 is 0 Å². The molecule has 6 nitrogen and oxygen atoms in total. The van der Waals surface area contributed by atoms with Gasteiger partial charge in [0.05, 0.1) is 11.1 Å². The number of hydrogen-bond acceptors (Lipinski definition) is 4. The van der Waals surface area contributed by atoms with Gasteiger partial charge >= 0.3 is 0 Å². The van der Waals surface area contributed by atoms with Gasteiger partial charge in [0.25, 0.3) is 5.91 Å². The van der Waals surface area contributed by atoms with Crippen molar-refractivity contribution in [3.63, 3.8) is 0 Å². The Morgan fingerprint density at radius 1 is 1.07 bits per heavy atom. The molecule has 1 amide bonds. The number of amides is 1. The van der Waals surface area contributed by atoms with Crippen LogP contribution in [0.25, 0.3) is 27.6 Å². The van der Waals surface area contributed by atoms with Crippen molar-refractivity contribution in [3.05, 3.63) is 54.4 Å². The second-order valence-electron chi connectivity index (χ2n) is 7.45. The molecule has 0 unspecified atom stereocenters. The van der Waals surface area contributed by atoms with Gasteiger partial charge in [-0.05, 0) is 32.0 Å². The van der Waals surface area contributed by atoms with E-state index >= 15 is 0 Å². The van der Waals surface area contributed by atoms with E-state index in [-0.39, 0.29) is 18.0 Å². The number of rotatable bonds is 1. The molecule has 3 aromatic heterocycles. The summed E-state index contributed by atoms with van der Waals surface area (Å²) >= 11 is 0. The number of hydrogen-bond donors (Lipinski definition) is 1. The van der Waals surface area contributed by atoms with Crippen molar-refractivity contribution < 1.29 is 4.79 Å². The number of para-hydroxylation sites is 1. The normalized spacial score (nSPS) is 20.6. The zero-order valence-electron chi connectivity index (χ0n) is 15.4. The van der Waals surface area contributed by atoms with Gasteiger partial charge in [-0.3, -0.25) is 9.20 Å². The minimum atomic E-state index is 0.0291. The van der Waals surface area contributed by atoms with E-state index in [1.54, 1.807) is 6.20 Å². The smallest absolute Gasteiger partial charge is 0.257 e. The molecule has 2 atom stereocenters. The standard InChI is InChI=1S/C21H21N5O/c1-13-11-25(12-14(2)23-13)21(27)17-10-16-9-15-5-3-4-6-18(15)24-19(16)26-8-7-22-20(17)26/h3-10,13-14,23H,11-12H2,1-2H3/t13-,14+. The molecule has 0 aliphatic carbocycles. The summed E-state index contributed by atoms with van der Waals surface area (Å²) in [6.45, 7) is 5.61. The molecule has 1 aliphatic heterocycles. The van der Waals surface area contributed by atoms with Gasteiger partial charge < -0.3 is 10.2 Å². The molecule has 0 saturated carbocycles. The van der Waals surface area contributed by atoms with Gasteiger partial charge in [0.1, 0.15) is 5.65 Å². The summed E-state index contributed by atoms with van der Waals surface area (Å²) in [5.41, 5.74) is 3.05. The molecule has 0 radical (unpaired) electrons. The third-order valence-electron chi connectivity index (χ3n) is 5.22. The predicted molar refractivity (Wildman–Crippen MR) is 106 cm³/mol. The van der Waals surface area contributed by atoms with Crippen LogP contribution >= 0.6 is 0 Å². The number of nitrogens with zero attached hydrogens (tertiary/aromatic N) is 4. The van der Waals surface area contributed by atoms with Crippen molar-refractivity contribution in [1.82, 2.24) is 24.6 Å². The van der Waals surface area contributed by atoms with Crippen LogP contribution in [0.4, 0.5) is 0 Å². The Balaban J connectivity index is 1.70. The van der Waals surface area contributed by atoms with Crippen LogP contribution in [0.5, 0.6) is 0 Å². The molecule has 27 heavy (non-hydrogen) atoms. The second-order valence-corrected chi connectivity index (χ2v) is 7.45. The van der Waals surface area contributed by atoms with Crippen molar-refractivity contribution in [2.45, 2.75) is 25.9 Å². The lowest BCUT2D eigenvalue weighted by molar-refractivity contribution is 0.0675. The van der Waals surface area contributed by atoms with E-state index in [4.69, 9.17) is 4.98 Å². The molecule has 1 aliphatic rings. The monoisotopic (exact) mass is 359 g/mol. The predicted octanol–water partition coefficient (Wildman–Crippen LogP) is 2.86. The Labute approximate surface area is 156 Å². The van der Waals surface area contributed by atoms with E-state index in [9.17, 15) is 4.79 Å². The number of nitrogens with one attached hydrogen (secondary N) is 1. The Hall–Kier alpha value is -2.99. The maximum absolute atomic E-state index is 13.3. The van der Waals surface area contributed by atoms with E-state index in [0.717, 1.165) is 21.9 Å². The minimum absolute atomic E-state index is 0.0291. The van der Waals surface area contributed by atoms with Crippen LogP contribution in [-0.2, 0) is 0 Å². The largest absolute Gasteiger partial charge is 0.335 e. The topological polar surface area (TPSA) is 62.5 Å². The summed E-state index contributed by atoms with van der Waals surface area (Å²) in [5.74, 6) is 0.0291. The number of piperazine rings is 1. The highest BCUT2D eigenvalue weighted by Gasteiger charge is 2.27. The zero-order chi connectivity index (χ0) is 18.5. The molecular weight excluding hydrogens is 338 g/mol. The summed E-state index contributed by atoms with van der Waals surface area (Å²) < 4.78 is 1.92. The highest BCUT2D eigenvalue weighted by molar-refractivity contribution is 6.04. The van der Waals surface area contributed by atoms with Crippen molar-refractivity contribution in [2.75, 3.05) is 13.1 Å². The van der Waals surface area contributed by atoms with Crippen LogP contribution in [0, 0.1) is 0 Å². The van der Waals surface area contributed by atoms with Crippen LogP contribution in [0.2, 0.25) is 0 Å². The molecule has 5 rings (SSSR count). The zero-order valence-corrected chi connectivity index (χ0v) is 15.4. The fourth-order valence-corrected chi connectivity index (χ4v) is 4.14. The lowest BCUT2D eigenvalue weighted by atomic mass is 10.1. The summed E-state index contributed by atoms with van der Waals surface area (Å²) in [6.07, 6.45) is 3.60. The fourth-order valence-electron chi connectivity index (χ4n) is 4.14. The minimum Gasteiger partial charge on any atom is -0.335 e. The summed E-state index contributed by atoms with van der Waals surface area (Å²) in [6, 6.07) is 12.6. The maximum Gasteiger partial charge on any atom is 0.257 e. The average molecular weight is 359 g/mol. The molecule has 1 aromatic carbocycles. The van der Waals surface area contributed by atoms with Gasteiger partial charge in [0.2, 0.25) is 0 Å². The number of carbonyl (C=O) groups is 1. The number of fused-ring (bicyclic) bond motifs is 4. The molecular formula is C21H21N5O. The molecule has 1 fully saturated rings. The van der Waals surface area contributed by atoms with E-state index in [0.29, 0.717) is 24.3 Å². The van der Waals surface area contributed by atoms with Gasteiger partial charge in [-0.1, -0.05) is 18.2 Å². The first-order chi connectivity index (χ1) is 13.1. The average Bonchev–Trinajstić information content (AvgIpc) is 3.14. The van der Waals surface area contributed by atoms with E-state index in [1.165, 1.54) is 0 Å².